The second-order valence-electron chi connectivity index (χ2n) is 7.85. The number of nitrogens with zero attached hydrogens (tertiary/aromatic N) is 3. The Hall–Kier alpha value is -0.920. The van der Waals surface area contributed by atoms with E-state index in [1.165, 1.54) is 0 Å². The molecule has 7 heteroatoms. The number of unbranched alkanes of at least 4 members (excludes halogenated alkanes) is 1. The van der Waals surface area contributed by atoms with Crippen LogP contribution in [0.4, 0.5) is 0 Å². The zero-order valence-corrected chi connectivity index (χ0v) is 17.0. The molecule has 26 heavy (non-hydrogen) atoms. The first-order chi connectivity index (χ1) is 12.5. The lowest BCUT2D eigenvalue weighted by atomic mass is 9.87. The van der Waals surface area contributed by atoms with Crippen LogP contribution in [0.5, 0.6) is 0 Å². The number of rotatable bonds is 9. The smallest absolute Gasteiger partial charge is 0.227 e. The Balaban J connectivity index is 1.77. The van der Waals surface area contributed by atoms with Gasteiger partial charge in [-0.3, -0.25) is 4.90 Å². The Labute approximate surface area is 157 Å². The van der Waals surface area contributed by atoms with Gasteiger partial charge in [-0.05, 0) is 44.6 Å². The first-order valence-electron chi connectivity index (χ1n) is 10.1. The number of sulfone groups is 1. The van der Waals surface area contributed by atoms with Gasteiger partial charge in [-0.1, -0.05) is 19.8 Å². The average Bonchev–Trinajstić information content (AvgIpc) is 3.00. The summed E-state index contributed by atoms with van der Waals surface area (Å²) in [6.45, 7) is 5.54. The molecule has 2 aliphatic rings. The third-order valence-corrected chi connectivity index (χ3v) is 7.57. The highest BCUT2D eigenvalue weighted by Crippen LogP contribution is 2.30. The van der Waals surface area contributed by atoms with E-state index in [9.17, 15) is 8.42 Å². The van der Waals surface area contributed by atoms with E-state index in [4.69, 9.17) is 4.74 Å². The molecule has 1 aliphatic carbocycles. The molecule has 148 valence electrons. The maximum Gasteiger partial charge on any atom is 0.227 e. The molecule has 1 saturated carbocycles. The van der Waals surface area contributed by atoms with Gasteiger partial charge in [-0.15, -0.1) is 0 Å². The van der Waals surface area contributed by atoms with Crippen LogP contribution in [0, 0.1) is 5.92 Å². The minimum atomic E-state index is -3.31. The fourth-order valence-electron chi connectivity index (χ4n) is 3.94. The SMILES string of the molecule is CCCCn1c(CN2CCC[C@@H](OC)C2)cnc1S(=O)(=O)CC1CCC1. The van der Waals surface area contributed by atoms with E-state index >= 15 is 0 Å². The molecule has 1 aliphatic heterocycles. The highest BCUT2D eigenvalue weighted by Gasteiger charge is 2.30. The van der Waals surface area contributed by atoms with E-state index in [0.717, 1.165) is 76.8 Å². The van der Waals surface area contributed by atoms with E-state index in [1.54, 1.807) is 13.3 Å². The Kier molecular flexibility index (Phi) is 6.75. The molecule has 0 spiro atoms. The molecule has 3 rings (SSSR count). The number of ether oxygens (including phenoxy) is 1. The summed E-state index contributed by atoms with van der Waals surface area (Å²) in [5.74, 6) is 0.578. The van der Waals surface area contributed by atoms with Gasteiger partial charge in [0, 0.05) is 26.7 Å². The lowest BCUT2D eigenvalue weighted by Crippen LogP contribution is -2.39. The summed E-state index contributed by atoms with van der Waals surface area (Å²) in [6.07, 6.45) is 9.51. The van der Waals surface area contributed by atoms with Crippen LogP contribution in [0.15, 0.2) is 11.4 Å². The molecule has 2 fully saturated rings. The maximum absolute atomic E-state index is 12.9. The number of aromatic nitrogens is 2. The lowest BCUT2D eigenvalue weighted by Gasteiger charge is -2.32. The van der Waals surface area contributed by atoms with E-state index in [-0.39, 0.29) is 17.0 Å². The Bertz CT molecular complexity index is 682. The van der Waals surface area contributed by atoms with E-state index < -0.39 is 9.84 Å². The van der Waals surface area contributed by atoms with Crippen LogP contribution in [-0.4, -0.2) is 54.9 Å². The van der Waals surface area contributed by atoms with Crippen LogP contribution in [0.3, 0.4) is 0 Å². The fraction of sp³-hybridized carbons (Fsp3) is 0.842. The molecule has 6 nitrogen and oxygen atoms in total. The number of hydrogen-bond acceptors (Lipinski definition) is 5. The second-order valence-corrected chi connectivity index (χ2v) is 9.78. The summed E-state index contributed by atoms with van der Waals surface area (Å²) >= 11 is 0. The summed E-state index contributed by atoms with van der Waals surface area (Å²) in [5, 5.41) is 0.285. The van der Waals surface area contributed by atoms with Crippen molar-refractivity contribution in [2.75, 3.05) is 26.0 Å². The third-order valence-electron chi connectivity index (χ3n) is 5.78. The van der Waals surface area contributed by atoms with Crippen molar-refractivity contribution in [3.63, 3.8) is 0 Å². The van der Waals surface area contributed by atoms with Crippen molar-refractivity contribution < 1.29 is 13.2 Å². The van der Waals surface area contributed by atoms with Gasteiger partial charge in [0.15, 0.2) is 0 Å². The quantitative estimate of drug-likeness (QED) is 0.656. The van der Waals surface area contributed by atoms with Crippen molar-refractivity contribution in [3.8, 4) is 0 Å². The monoisotopic (exact) mass is 383 g/mol. The Morgan fingerprint density at radius 2 is 2.08 bits per heavy atom. The molecule has 0 unspecified atom stereocenters. The van der Waals surface area contributed by atoms with E-state index in [1.807, 2.05) is 4.57 Å². The van der Waals surface area contributed by atoms with E-state index in [2.05, 4.69) is 16.8 Å². The van der Waals surface area contributed by atoms with Crippen molar-refractivity contribution in [3.05, 3.63) is 11.9 Å². The molecule has 0 N–H and O–H groups in total. The van der Waals surface area contributed by atoms with Crippen LogP contribution >= 0.6 is 0 Å². The van der Waals surface area contributed by atoms with Crippen molar-refractivity contribution in [1.82, 2.24) is 14.5 Å². The lowest BCUT2D eigenvalue weighted by molar-refractivity contribution is 0.0277. The number of likely N-dealkylation sites (tertiary alicyclic amines) is 1. The Morgan fingerprint density at radius 3 is 2.73 bits per heavy atom. The number of imidazole rings is 1. The Morgan fingerprint density at radius 1 is 1.27 bits per heavy atom. The topological polar surface area (TPSA) is 64.4 Å². The van der Waals surface area contributed by atoms with Crippen LogP contribution in [0.25, 0.3) is 0 Å². The average molecular weight is 384 g/mol. The van der Waals surface area contributed by atoms with Crippen molar-refractivity contribution in [1.29, 1.82) is 0 Å². The first kappa shape index (κ1) is 19.8. The summed E-state index contributed by atoms with van der Waals surface area (Å²) in [5.41, 5.74) is 1.02. The molecular weight excluding hydrogens is 350 g/mol. The van der Waals surface area contributed by atoms with Gasteiger partial charge in [0.2, 0.25) is 15.0 Å². The molecule has 1 saturated heterocycles. The molecule has 1 atom stereocenters. The maximum atomic E-state index is 12.9. The standard InChI is InChI=1S/C19H33N3O3S/c1-3-4-11-22-17(13-21-10-6-9-18(14-21)25-2)12-20-19(22)26(23,24)15-16-7-5-8-16/h12,16,18H,3-11,13-15H2,1-2H3/t18-/m1/s1. The van der Waals surface area contributed by atoms with Crippen molar-refractivity contribution in [2.24, 2.45) is 5.92 Å². The van der Waals surface area contributed by atoms with Gasteiger partial charge < -0.3 is 9.30 Å². The number of methoxy groups -OCH3 is 1. The second kappa shape index (κ2) is 8.85. The third kappa shape index (κ3) is 4.67. The van der Waals surface area contributed by atoms with Gasteiger partial charge in [-0.2, -0.15) is 0 Å². The summed E-state index contributed by atoms with van der Waals surface area (Å²) < 4.78 is 33.3. The molecule has 2 heterocycles. The largest absolute Gasteiger partial charge is 0.380 e. The van der Waals surface area contributed by atoms with Gasteiger partial charge in [-0.25, -0.2) is 13.4 Å². The number of piperidine rings is 1. The summed E-state index contributed by atoms with van der Waals surface area (Å²) in [6, 6.07) is 0. The minimum Gasteiger partial charge on any atom is -0.380 e. The van der Waals surface area contributed by atoms with Gasteiger partial charge >= 0.3 is 0 Å². The highest BCUT2D eigenvalue weighted by atomic mass is 32.2. The minimum absolute atomic E-state index is 0.255. The fourth-order valence-corrected chi connectivity index (χ4v) is 5.80. The molecule has 1 aromatic heterocycles. The van der Waals surface area contributed by atoms with Gasteiger partial charge in [0.1, 0.15) is 0 Å². The first-order valence-corrected chi connectivity index (χ1v) is 11.7. The molecule has 1 aromatic rings. The van der Waals surface area contributed by atoms with Crippen molar-refractivity contribution in [2.45, 2.75) is 76.2 Å². The number of hydrogen-bond donors (Lipinski definition) is 0. The summed E-state index contributed by atoms with van der Waals surface area (Å²) in [4.78, 5) is 6.73. The molecule has 0 radical (unpaired) electrons. The predicted molar refractivity (Wildman–Crippen MR) is 102 cm³/mol. The van der Waals surface area contributed by atoms with Crippen LogP contribution in [-0.2, 0) is 27.7 Å². The predicted octanol–water partition coefficient (Wildman–Crippen LogP) is 2.87. The normalized spacial score (nSPS) is 22.5. The summed E-state index contributed by atoms with van der Waals surface area (Å²) in [7, 11) is -1.54. The van der Waals surface area contributed by atoms with Gasteiger partial charge in [0.05, 0.1) is 23.7 Å². The van der Waals surface area contributed by atoms with Crippen LogP contribution in [0.2, 0.25) is 0 Å². The molecule has 0 aromatic carbocycles. The van der Waals surface area contributed by atoms with Crippen LogP contribution < -0.4 is 0 Å². The zero-order chi connectivity index (χ0) is 18.6. The van der Waals surface area contributed by atoms with E-state index in [0.29, 0.717) is 5.92 Å². The van der Waals surface area contributed by atoms with Crippen molar-refractivity contribution >= 4 is 9.84 Å². The van der Waals surface area contributed by atoms with Gasteiger partial charge in [0.25, 0.3) is 0 Å². The zero-order valence-electron chi connectivity index (χ0n) is 16.2. The molecule has 0 bridgehead atoms. The molecular formula is C19H33N3O3S. The molecule has 0 amide bonds. The highest BCUT2D eigenvalue weighted by molar-refractivity contribution is 7.91. The van der Waals surface area contributed by atoms with Crippen LogP contribution in [0.1, 0.15) is 57.6 Å².